The maximum Gasteiger partial charge on any atom is 0.163 e. The molecule has 0 spiro atoms. The first kappa shape index (κ1) is 13.5. The number of aromatic nitrogens is 2. The second-order valence-corrected chi connectivity index (χ2v) is 5.15. The minimum atomic E-state index is 0.206. The number of benzene rings is 1. The number of carbonyl (C=O) groups excluding carboxylic acids is 1. The van der Waals surface area contributed by atoms with Crippen LogP contribution in [0.3, 0.4) is 0 Å². The van der Waals surface area contributed by atoms with Gasteiger partial charge in [0.25, 0.3) is 0 Å². The molecule has 1 heterocycles. The molecular weight excluding hydrogens is 236 g/mol. The molecule has 19 heavy (non-hydrogen) atoms. The van der Waals surface area contributed by atoms with Crippen LogP contribution in [-0.4, -0.2) is 15.3 Å². The van der Waals surface area contributed by atoms with Crippen molar-refractivity contribution in [2.45, 2.75) is 33.6 Å². The van der Waals surface area contributed by atoms with E-state index in [1.54, 1.807) is 6.20 Å². The van der Waals surface area contributed by atoms with E-state index in [1.807, 2.05) is 31.7 Å². The molecule has 3 heteroatoms. The summed E-state index contributed by atoms with van der Waals surface area (Å²) < 4.78 is 1.96. The molecule has 0 unspecified atom stereocenters. The van der Waals surface area contributed by atoms with Gasteiger partial charge in [0, 0.05) is 37.8 Å². The van der Waals surface area contributed by atoms with Crippen LogP contribution < -0.4 is 0 Å². The molecular formula is C16H20N2O. The van der Waals surface area contributed by atoms with E-state index in [0.29, 0.717) is 12.8 Å². The van der Waals surface area contributed by atoms with E-state index in [2.05, 4.69) is 24.0 Å². The van der Waals surface area contributed by atoms with E-state index in [-0.39, 0.29) is 5.78 Å². The van der Waals surface area contributed by atoms with Gasteiger partial charge in [-0.3, -0.25) is 4.79 Å². The first-order valence-corrected chi connectivity index (χ1v) is 6.56. The summed E-state index contributed by atoms with van der Waals surface area (Å²) in [6.45, 7) is 6.07. The highest BCUT2D eigenvalue weighted by Gasteiger charge is 2.13. The van der Waals surface area contributed by atoms with Crippen LogP contribution in [-0.2, 0) is 13.5 Å². The molecule has 0 aliphatic heterocycles. The summed E-state index contributed by atoms with van der Waals surface area (Å²) in [4.78, 5) is 16.6. The average molecular weight is 256 g/mol. The monoisotopic (exact) mass is 256 g/mol. The number of nitrogens with zero attached hydrogens (tertiary/aromatic N) is 2. The van der Waals surface area contributed by atoms with E-state index in [4.69, 9.17) is 0 Å². The minimum Gasteiger partial charge on any atom is -0.338 e. The molecule has 0 bridgehead atoms. The predicted octanol–water partition coefficient (Wildman–Crippen LogP) is 3.16. The molecule has 100 valence electrons. The number of hydrogen-bond acceptors (Lipinski definition) is 2. The van der Waals surface area contributed by atoms with Gasteiger partial charge >= 0.3 is 0 Å². The van der Waals surface area contributed by atoms with Crippen LogP contribution in [0.5, 0.6) is 0 Å². The highest BCUT2D eigenvalue weighted by atomic mass is 16.1. The van der Waals surface area contributed by atoms with Gasteiger partial charge in [0.2, 0.25) is 0 Å². The van der Waals surface area contributed by atoms with Crippen LogP contribution in [0.4, 0.5) is 0 Å². The lowest BCUT2D eigenvalue weighted by Gasteiger charge is -2.10. The van der Waals surface area contributed by atoms with Crippen molar-refractivity contribution in [2.24, 2.45) is 7.05 Å². The lowest BCUT2D eigenvalue weighted by molar-refractivity contribution is 0.0981. The Balaban J connectivity index is 2.15. The Morgan fingerprint density at radius 3 is 2.37 bits per heavy atom. The minimum absolute atomic E-state index is 0.206. The Kier molecular flexibility index (Phi) is 3.84. The zero-order valence-corrected chi connectivity index (χ0v) is 12.0. The Hall–Kier alpha value is -1.90. The van der Waals surface area contributed by atoms with E-state index in [9.17, 15) is 4.79 Å². The molecule has 0 amide bonds. The highest BCUT2D eigenvalue weighted by molar-refractivity contribution is 5.98. The molecule has 0 fully saturated rings. The van der Waals surface area contributed by atoms with Gasteiger partial charge in [0.15, 0.2) is 5.78 Å². The van der Waals surface area contributed by atoms with Crippen molar-refractivity contribution in [3.05, 3.63) is 52.6 Å². The van der Waals surface area contributed by atoms with Gasteiger partial charge < -0.3 is 4.57 Å². The number of imidazole rings is 1. The predicted molar refractivity (Wildman–Crippen MR) is 76.5 cm³/mol. The molecule has 1 aromatic heterocycles. The Labute approximate surface area is 114 Å². The second kappa shape index (κ2) is 5.39. The lowest BCUT2D eigenvalue weighted by atomic mass is 9.94. The summed E-state index contributed by atoms with van der Waals surface area (Å²) >= 11 is 0. The summed E-state index contributed by atoms with van der Waals surface area (Å²) in [5.74, 6) is 1.16. The largest absolute Gasteiger partial charge is 0.338 e. The average Bonchev–Trinajstić information content (AvgIpc) is 2.70. The maximum absolute atomic E-state index is 12.4. The van der Waals surface area contributed by atoms with Crippen molar-refractivity contribution < 1.29 is 4.79 Å². The van der Waals surface area contributed by atoms with Gasteiger partial charge in [-0.1, -0.05) is 17.7 Å². The van der Waals surface area contributed by atoms with Crippen LogP contribution in [0.15, 0.2) is 24.5 Å². The quantitative estimate of drug-likeness (QED) is 0.788. The fourth-order valence-electron chi connectivity index (χ4n) is 2.61. The molecule has 3 nitrogen and oxygen atoms in total. The number of ketones is 1. The number of Topliss-reactive ketones (excluding diaryl/α,β-unsaturated/α-hetero) is 1. The third kappa shape index (κ3) is 2.92. The van der Waals surface area contributed by atoms with E-state index < -0.39 is 0 Å². The highest BCUT2D eigenvalue weighted by Crippen LogP contribution is 2.18. The Morgan fingerprint density at radius 1 is 1.21 bits per heavy atom. The molecule has 0 atom stereocenters. The van der Waals surface area contributed by atoms with Crippen LogP contribution in [0.25, 0.3) is 0 Å². The van der Waals surface area contributed by atoms with Gasteiger partial charge in [-0.2, -0.15) is 0 Å². The first-order chi connectivity index (χ1) is 8.99. The zero-order chi connectivity index (χ0) is 14.0. The summed E-state index contributed by atoms with van der Waals surface area (Å²) in [6.07, 6.45) is 4.87. The summed E-state index contributed by atoms with van der Waals surface area (Å²) in [6, 6.07) is 4.14. The number of carbonyl (C=O) groups is 1. The third-order valence-electron chi connectivity index (χ3n) is 3.45. The van der Waals surface area contributed by atoms with Crippen molar-refractivity contribution in [1.29, 1.82) is 0 Å². The van der Waals surface area contributed by atoms with Crippen molar-refractivity contribution in [2.75, 3.05) is 0 Å². The van der Waals surface area contributed by atoms with E-state index in [0.717, 1.165) is 22.5 Å². The standard InChI is InChI=1S/C16H20N2O/c1-11-9-12(2)16(13(3)10-11)14(19)5-6-15-17-7-8-18(15)4/h7-10H,5-6H2,1-4H3. The SMILES string of the molecule is Cc1cc(C)c(C(=O)CCc2nccn2C)c(C)c1. The zero-order valence-electron chi connectivity index (χ0n) is 12.0. The number of hydrogen-bond donors (Lipinski definition) is 0. The molecule has 0 N–H and O–H groups in total. The Morgan fingerprint density at radius 2 is 1.84 bits per heavy atom. The van der Waals surface area contributed by atoms with Crippen LogP contribution in [0.2, 0.25) is 0 Å². The van der Waals surface area contributed by atoms with Gasteiger partial charge in [-0.05, 0) is 31.9 Å². The van der Waals surface area contributed by atoms with Crippen LogP contribution in [0, 0.1) is 20.8 Å². The first-order valence-electron chi connectivity index (χ1n) is 6.56. The van der Waals surface area contributed by atoms with Gasteiger partial charge in [-0.25, -0.2) is 4.98 Å². The molecule has 2 rings (SSSR count). The molecule has 0 saturated carbocycles. The van der Waals surface area contributed by atoms with Crippen molar-refractivity contribution in [3.63, 3.8) is 0 Å². The summed E-state index contributed by atoms with van der Waals surface area (Å²) in [5, 5.41) is 0. The molecule has 0 radical (unpaired) electrons. The molecule has 1 aromatic carbocycles. The number of aryl methyl sites for hydroxylation is 5. The van der Waals surface area contributed by atoms with Crippen LogP contribution >= 0.6 is 0 Å². The van der Waals surface area contributed by atoms with Crippen molar-refractivity contribution >= 4 is 5.78 Å². The normalized spacial score (nSPS) is 10.7. The maximum atomic E-state index is 12.4. The van der Waals surface area contributed by atoms with E-state index in [1.165, 1.54) is 5.56 Å². The van der Waals surface area contributed by atoms with Crippen molar-refractivity contribution in [1.82, 2.24) is 9.55 Å². The Bertz CT molecular complexity index is 588. The smallest absolute Gasteiger partial charge is 0.163 e. The topological polar surface area (TPSA) is 34.9 Å². The fourth-order valence-corrected chi connectivity index (χ4v) is 2.61. The van der Waals surface area contributed by atoms with Gasteiger partial charge in [-0.15, -0.1) is 0 Å². The lowest BCUT2D eigenvalue weighted by Crippen LogP contribution is -2.08. The molecule has 0 aliphatic carbocycles. The van der Waals surface area contributed by atoms with Crippen LogP contribution in [0.1, 0.15) is 39.3 Å². The molecule has 0 saturated heterocycles. The number of rotatable bonds is 4. The molecule has 0 aliphatic rings. The van der Waals surface area contributed by atoms with Crippen molar-refractivity contribution in [3.8, 4) is 0 Å². The fraction of sp³-hybridized carbons (Fsp3) is 0.375. The summed E-state index contributed by atoms with van der Waals surface area (Å²) in [7, 11) is 1.95. The van der Waals surface area contributed by atoms with Gasteiger partial charge in [0.05, 0.1) is 0 Å². The summed E-state index contributed by atoms with van der Waals surface area (Å²) in [5.41, 5.74) is 4.22. The molecule has 2 aromatic rings. The van der Waals surface area contributed by atoms with E-state index >= 15 is 0 Å². The third-order valence-corrected chi connectivity index (χ3v) is 3.45. The second-order valence-electron chi connectivity index (χ2n) is 5.15. The van der Waals surface area contributed by atoms with Gasteiger partial charge in [0.1, 0.15) is 5.82 Å².